The van der Waals surface area contributed by atoms with E-state index in [0.29, 0.717) is 39.7 Å². The third-order valence-corrected chi connectivity index (χ3v) is 7.00. The Balaban J connectivity index is 1.34. The minimum absolute atomic E-state index is 0.122. The van der Waals surface area contributed by atoms with Crippen LogP contribution in [0.25, 0.3) is 0 Å². The van der Waals surface area contributed by atoms with Crippen molar-refractivity contribution < 1.29 is 14.3 Å². The van der Waals surface area contributed by atoms with Gasteiger partial charge in [0.1, 0.15) is 10.6 Å². The van der Waals surface area contributed by atoms with Crippen LogP contribution in [0.15, 0.2) is 6.20 Å². The number of esters is 1. The standard InChI is InChI=1S/C17H18Cl2N4O3S/c1-3-26-16(25)10-4-20-17(27-10)23-5-8-9(6-23)13(8)22-15(24)14-12(19)11(18)7(2)21-14/h4,8-9,13,21H,3,5-6H2,1-2H3,(H,22,24)/t8-,9+,13-. The number of aromatic nitrogens is 2. The van der Waals surface area contributed by atoms with E-state index >= 15 is 0 Å². The number of hydrogen-bond donors (Lipinski definition) is 2. The van der Waals surface area contributed by atoms with E-state index < -0.39 is 0 Å². The van der Waals surface area contributed by atoms with E-state index in [1.807, 2.05) is 0 Å². The van der Waals surface area contributed by atoms with Crippen LogP contribution in [0.2, 0.25) is 10.0 Å². The highest BCUT2D eigenvalue weighted by Crippen LogP contribution is 2.47. The summed E-state index contributed by atoms with van der Waals surface area (Å²) in [6.07, 6.45) is 1.56. The first kappa shape index (κ1) is 18.6. The van der Waals surface area contributed by atoms with Crippen molar-refractivity contribution in [2.24, 2.45) is 11.8 Å². The number of rotatable bonds is 5. The summed E-state index contributed by atoms with van der Waals surface area (Å²) >= 11 is 13.5. The molecular weight excluding hydrogens is 411 g/mol. The smallest absolute Gasteiger partial charge is 0.350 e. The van der Waals surface area contributed by atoms with Crippen LogP contribution in [0, 0.1) is 18.8 Å². The lowest BCUT2D eigenvalue weighted by Gasteiger charge is -2.19. The molecule has 4 rings (SSSR count). The second-order valence-corrected chi connectivity index (χ2v) is 8.48. The third kappa shape index (κ3) is 3.30. The summed E-state index contributed by atoms with van der Waals surface area (Å²) in [5.41, 5.74) is 0.982. The van der Waals surface area contributed by atoms with Crippen LogP contribution in [-0.4, -0.2) is 47.6 Å². The molecule has 1 aliphatic carbocycles. The molecule has 3 atom stereocenters. The Morgan fingerprint density at radius 1 is 1.37 bits per heavy atom. The number of amides is 1. The first-order chi connectivity index (χ1) is 12.9. The van der Waals surface area contributed by atoms with Gasteiger partial charge in [-0.1, -0.05) is 34.5 Å². The Morgan fingerprint density at radius 2 is 2.07 bits per heavy atom. The van der Waals surface area contributed by atoms with Crippen LogP contribution in [0.3, 0.4) is 0 Å². The van der Waals surface area contributed by atoms with Crippen LogP contribution in [-0.2, 0) is 4.74 Å². The molecule has 3 heterocycles. The molecule has 0 bridgehead atoms. The molecular formula is C17H18Cl2N4O3S. The largest absolute Gasteiger partial charge is 0.462 e. The van der Waals surface area contributed by atoms with E-state index in [-0.39, 0.29) is 22.9 Å². The average molecular weight is 429 g/mol. The van der Waals surface area contributed by atoms with Gasteiger partial charge in [-0.05, 0) is 13.8 Å². The lowest BCUT2D eigenvalue weighted by atomic mass is 10.3. The van der Waals surface area contributed by atoms with Crippen molar-refractivity contribution in [2.75, 3.05) is 24.6 Å². The molecule has 1 saturated heterocycles. The minimum Gasteiger partial charge on any atom is -0.462 e. The summed E-state index contributed by atoms with van der Waals surface area (Å²) in [6, 6.07) is 0.122. The van der Waals surface area contributed by atoms with Crippen LogP contribution in [0.5, 0.6) is 0 Å². The molecule has 1 aliphatic heterocycles. The van der Waals surface area contributed by atoms with Gasteiger partial charge in [0.15, 0.2) is 5.13 Å². The summed E-state index contributed by atoms with van der Waals surface area (Å²) in [4.78, 5) is 34.1. The van der Waals surface area contributed by atoms with E-state index in [1.54, 1.807) is 20.0 Å². The number of piperidine rings is 1. The molecule has 2 aromatic rings. The third-order valence-electron chi connectivity index (χ3n) is 5.01. The molecule has 144 valence electrons. The molecule has 0 unspecified atom stereocenters. The monoisotopic (exact) mass is 428 g/mol. The lowest BCUT2D eigenvalue weighted by Crippen LogP contribution is -2.34. The normalized spacial score (nSPS) is 23.3. The fourth-order valence-corrected chi connectivity index (χ4v) is 4.80. The Hall–Kier alpha value is -1.77. The number of halogens is 2. The van der Waals surface area contributed by atoms with Gasteiger partial charge in [0.25, 0.3) is 5.91 Å². The van der Waals surface area contributed by atoms with Crippen molar-refractivity contribution in [1.82, 2.24) is 15.3 Å². The SMILES string of the molecule is CCOC(=O)c1cnc(N2C[C@@H]3[C@H](C2)[C@@H]3NC(=O)c2[nH]c(C)c(Cl)c2Cl)s1. The van der Waals surface area contributed by atoms with Gasteiger partial charge in [-0.2, -0.15) is 0 Å². The highest BCUT2D eigenvalue weighted by Gasteiger charge is 2.57. The molecule has 0 spiro atoms. The number of carbonyl (C=O) groups is 2. The molecule has 1 amide bonds. The number of fused-ring (bicyclic) bond motifs is 1. The highest BCUT2D eigenvalue weighted by atomic mass is 35.5. The van der Waals surface area contributed by atoms with Crippen molar-refractivity contribution in [3.05, 3.63) is 32.5 Å². The van der Waals surface area contributed by atoms with E-state index in [0.717, 1.165) is 18.2 Å². The molecule has 2 fully saturated rings. The Bertz CT molecular complexity index is 900. The topological polar surface area (TPSA) is 87.3 Å². The second kappa shape index (κ2) is 7.00. The van der Waals surface area contributed by atoms with Crippen molar-refractivity contribution >= 4 is 51.5 Å². The summed E-state index contributed by atoms with van der Waals surface area (Å²) < 4.78 is 5.00. The van der Waals surface area contributed by atoms with Crippen LogP contribution >= 0.6 is 34.5 Å². The second-order valence-electron chi connectivity index (χ2n) is 6.71. The molecule has 7 nitrogen and oxygen atoms in total. The lowest BCUT2D eigenvalue weighted by molar-refractivity contribution is 0.0531. The quantitative estimate of drug-likeness (QED) is 0.714. The molecule has 2 aromatic heterocycles. The molecule has 0 radical (unpaired) electrons. The van der Waals surface area contributed by atoms with Crippen molar-refractivity contribution in [3.63, 3.8) is 0 Å². The predicted octanol–water partition coefficient (Wildman–Crippen LogP) is 3.13. The summed E-state index contributed by atoms with van der Waals surface area (Å²) in [5.74, 6) is 0.163. The predicted molar refractivity (Wildman–Crippen MR) is 104 cm³/mol. The van der Waals surface area contributed by atoms with Gasteiger partial charge in [-0.15, -0.1) is 0 Å². The zero-order valence-corrected chi connectivity index (χ0v) is 17.0. The van der Waals surface area contributed by atoms with Crippen LogP contribution in [0.1, 0.15) is 32.8 Å². The van der Waals surface area contributed by atoms with E-state index in [1.165, 1.54) is 11.3 Å². The van der Waals surface area contributed by atoms with Crippen LogP contribution < -0.4 is 10.2 Å². The number of hydrogen-bond acceptors (Lipinski definition) is 6. The van der Waals surface area contributed by atoms with Gasteiger partial charge < -0.3 is 19.9 Å². The molecule has 2 N–H and O–H groups in total. The zero-order valence-electron chi connectivity index (χ0n) is 14.7. The summed E-state index contributed by atoms with van der Waals surface area (Å²) in [7, 11) is 0. The van der Waals surface area contributed by atoms with Gasteiger partial charge in [0.05, 0.1) is 22.8 Å². The van der Waals surface area contributed by atoms with Crippen molar-refractivity contribution in [3.8, 4) is 0 Å². The van der Waals surface area contributed by atoms with E-state index in [4.69, 9.17) is 27.9 Å². The number of anilines is 1. The van der Waals surface area contributed by atoms with Gasteiger partial charge in [-0.25, -0.2) is 9.78 Å². The average Bonchev–Trinajstić information content (AvgIpc) is 3.09. The van der Waals surface area contributed by atoms with Gasteiger partial charge in [-0.3, -0.25) is 4.79 Å². The van der Waals surface area contributed by atoms with Crippen LogP contribution in [0.4, 0.5) is 5.13 Å². The number of ether oxygens (including phenoxy) is 1. The summed E-state index contributed by atoms with van der Waals surface area (Å²) in [6.45, 7) is 5.48. The Morgan fingerprint density at radius 3 is 2.67 bits per heavy atom. The molecule has 1 saturated carbocycles. The van der Waals surface area contributed by atoms with Crippen molar-refractivity contribution in [2.45, 2.75) is 19.9 Å². The number of carbonyl (C=O) groups excluding carboxylic acids is 2. The number of nitrogens with zero attached hydrogens (tertiary/aromatic N) is 2. The maximum Gasteiger partial charge on any atom is 0.350 e. The van der Waals surface area contributed by atoms with Gasteiger partial charge in [0, 0.05) is 36.7 Å². The van der Waals surface area contributed by atoms with E-state index in [2.05, 4.69) is 20.2 Å². The number of nitrogens with one attached hydrogen (secondary N) is 2. The van der Waals surface area contributed by atoms with Gasteiger partial charge >= 0.3 is 5.97 Å². The first-order valence-electron chi connectivity index (χ1n) is 8.63. The fourth-order valence-electron chi connectivity index (χ4n) is 3.56. The number of H-pyrrole nitrogens is 1. The number of aryl methyl sites for hydroxylation is 1. The molecule has 10 heteroatoms. The Kier molecular flexibility index (Phi) is 4.82. The highest BCUT2D eigenvalue weighted by molar-refractivity contribution is 7.17. The maximum atomic E-state index is 12.4. The zero-order chi connectivity index (χ0) is 19.3. The number of aromatic amines is 1. The maximum absolute atomic E-state index is 12.4. The molecule has 0 aromatic carbocycles. The molecule has 27 heavy (non-hydrogen) atoms. The van der Waals surface area contributed by atoms with E-state index in [9.17, 15) is 9.59 Å². The van der Waals surface area contributed by atoms with Crippen molar-refractivity contribution in [1.29, 1.82) is 0 Å². The van der Waals surface area contributed by atoms with Gasteiger partial charge in [0.2, 0.25) is 0 Å². The Labute approximate surface area is 170 Å². The molecule has 2 aliphatic rings. The number of thiazole rings is 1. The first-order valence-corrected chi connectivity index (χ1v) is 10.2. The summed E-state index contributed by atoms with van der Waals surface area (Å²) in [5, 5.41) is 4.48. The fraction of sp³-hybridized carbons (Fsp3) is 0.471. The minimum atomic E-state index is -0.340.